The van der Waals surface area contributed by atoms with E-state index in [1.54, 1.807) is 7.11 Å². The molecule has 20 heavy (non-hydrogen) atoms. The van der Waals surface area contributed by atoms with Crippen LogP contribution >= 0.6 is 12.4 Å². The van der Waals surface area contributed by atoms with Crippen molar-refractivity contribution >= 4 is 18.3 Å². The topological polar surface area (TPSA) is 41.6 Å². The standard InChI is InChI=1S/C15H28N2O2.ClH/c1-3-4-9-17(10-11-19-2)14(18)13-12-15(13)5-7-16-8-6-15;/h13,16H,3-12H2,1-2H3;1H. The summed E-state index contributed by atoms with van der Waals surface area (Å²) in [5.41, 5.74) is 0.347. The molecule has 0 bridgehead atoms. The monoisotopic (exact) mass is 304 g/mol. The third-order valence-electron chi connectivity index (χ3n) is 4.75. The van der Waals surface area contributed by atoms with Gasteiger partial charge in [0.1, 0.15) is 0 Å². The first-order valence-corrected chi connectivity index (χ1v) is 7.72. The van der Waals surface area contributed by atoms with Gasteiger partial charge in [-0.15, -0.1) is 12.4 Å². The zero-order valence-corrected chi connectivity index (χ0v) is 13.6. The SMILES string of the molecule is CCCCN(CCOC)C(=O)C1CC12CCNCC2.Cl. The van der Waals surface area contributed by atoms with E-state index >= 15 is 0 Å². The van der Waals surface area contributed by atoms with E-state index in [1.165, 1.54) is 12.8 Å². The molecule has 1 saturated heterocycles. The van der Waals surface area contributed by atoms with Crippen LogP contribution in [0.3, 0.4) is 0 Å². The second kappa shape index (κ2) is 8.20. The van der Waals surface area contributed by atoms with Gasteiger partial charge in [0.25, 0.3) is 0 Å². The number of carbonyl (C=O) groups excluding carboxylic acids is 1. The number of carbonyl (C=O) groups is 1. The minimum Gasteiger partial charge on any atom is -0.383 e. The Balaban J connectivity index is 0.00000200. The van der Waals surface area contributed by atoms with E-state index in [-0.39, 0.29) is 12.4 Å². The van der Waals surface area contributed by atoms with Crippen LogP contribution in [0, 0.1) is 11.3 Å². The number of ether oxygens (including phenoxy) is 1. The highest BCUT2D eigenvalue weighted by Gasteiger charge is 2.58. The van der Waals surface area contributed by atoms with Gasteiger partial charge < -0.3 is 15.0 Å². The number of hydrogen-bond acceptors (Lipinski definition) is 3. The first-order chi connectivity index (χ1) is 9.23. The molecule has 1 aliphatic carbocycles. The van der Waals surface area contributed by atoms with E-state index in [1.807, 2.05) is 4.90 Å². The predicted octanol–water partition coefficient (Wildman–Crippen LogP) is 2.07. The molecular weight excluding hydrogens is 276 g/mol. The fourth-order valence-electron chi connectivity index (χ4n) is 3.28. The molecule has 1 N–H and O–H groups in total. The number of nitrogens with zero attached hydrogens (tertiary/aromatic N) is 1. The van der Waals surface area contributed by atoms with Crippen molar-refractivity contribution in [3.8, 4) is 0 Å². The van der Waals surface area contributed by atoms with Gasteiger partial charge in [-0.25, -0.2) is 0 Å². The zero-order chi connectivity index (χ0) is 13.7. The Bertz CT molecular complexity index is 298. The van der Waals surface area contributed by atoms with Gasteiger partial charge in [-0.1, -0.05) is 13.3 Å². The summed E-state index contributed by atoms with van der Waals surface area (Å²) in [6, 6.07) is 0. The Morgan fingerprint density at radius 1 is 1.35 bits per heavy atom. The van der Waals surface area contributed by atoms with Gasteiger partial charge in [0.15, 0.2) is 0 Å². The highest BCUT2D eigenvalue weighted by atomic mass is 35.5. The molecule has 1 aliphatic heterocycles. The number of rotatable bonds is 7. The smallest absolute Gasteiger partial charge is 0.226 e. The number of unbranched alkanes of at least 4 members (excludes halogenated alkanes) is 1. The van der Waals surface area contributed by atoms with Crippen molar-refractivity contribution in [2.45, 2.75) is 39.0 Å². The van der Waals surface area contributed by atoms with Crippen molar-refractivity contribution in [3.63, 3.8) is 0 Å². The van der Waals surface area contributed by atoms with Crippen molar-refractivity contribution in [3.05, 3.63) is 0 Å². The van der Waals surface area contributed by atoms with Crippen LogP contribution in [0.15, 0.2) is 0 Å². The molecule has 4 nitrogen and oxygen atoms in total. The largest absolute Gasteiger partial charge is 0.383 e. The first-order valence-electron chi connectivity index (χ1n) is 7.72. The maximum absolute atomic E-state index is 12.6. The maximum Gasteiger partial charge on any atom is 0.226 e. The van der Waals surface area contributed by atoms with Gasteiger partial charge in [0.05, 0.1) is 6.61 Å². The molecule has 2 rings (SSSR count). The summed E-state index contributed by atoms with van der Waals surface area (Å²) in [5.74, 6) is 0.677. The zero-order valence-electron chi connectivity index (χ0n) is 12.8. The normalized spacial score (nSPS) is 23.2. The minimum atomic E-state index is 0. The van der Waals surface area contributed by atoms with E-state index in [0.717, 1.165) is 45.4 Å². The third kappa shape index (κ3) is 4.09. The van der Waals surface area contributed by atoms with E-state index in [4.69, 9.17) is 4.74 Å². The molecule has 0 aromatic carbocycles. The van der Waals surface area contributed by atoms with Crippen LogP contribution in [0.25, 0.3) is 0 Å². The summed E-state index contributed by atoms with van der Waals surface area (Å²) < 4.78 is 5.14. The number of hydrogen-bond donors (Lipinski definition) is 1. The van der Waals surface area contributed by atoms with Crippen LogP contribution in [0.5, 0.6) is 0 Å². The summed E-state index contributed by atoms with van der Waals surface area (Å²) in [4.78, 5) is 14.7. The van der Waals surface area contributed by atoms with Crippen molar-refractivity contribution in [2.75, 3.05) is 39.9 Å². The summed E-state index contributed by atoms with van der Waals surface area (Å²) in [5, 5.41) is 3.39. The average Bonchev–Trinajstić information content (AvgIpc) is 3.12. The second-order valence-electron chi connectivity index (χ2n) is 6.04. The second-order valence-corrected chi connectivity index (χ2v) is 6.04. The molecule has 2 aliphatic rings. The van der Waals surface area contributed by atoms with Crippen molar-refractivity contribution in [2.24, 2.45) is 11.3 Å². The molecule has 0 radical (unpaired) electrons. The lowest BCUT2D eigenvalue weighted by atomic mass is 9.91. The Labute approximate surface area is 129 Å². The molecule has 1 saturated carbocycles. The Hall–Kier alpha value is -0.320. The molecule has 1 spiro atoms. The quantitative estimate of drug-likeness (QED) is 0.783. The van der Waals surface area contributed by atoms with Crippen molar-refractivity contribution < 1.29 is 9.53 Å². The van der Waals surface area contributed by atoms with E-state index in [0.29, 0.717) is 23.8 Å². The van der Waals surface area contributed by atoms with Crippen LogP contribution in [0.4, 0.5) is 0 Å². The summed E-state index contributed by atoms with van der Waals surface area (Å²) >= 11 is 0. The Kier molecular flexibility index (Phi) is 7.27. The van der Waals surface area contributed by atoms with Gasteiger partial charge in [-0.05, 0) is 44.2 Å². The summed E-state index contributed by atoms with van der Waals surface area (Å²) in [6.45, 7) is 6.62. The van der Waals surface area contributed by atoms with Crippen LogP contribution in [-0.2, 0) is 9.53 Å². The molecule has 1 heterocycles. The van der Waals surface area contributed by atoms with E-state index in [2.05, 4.69) is 12.2 Å². The van der Waals surface area contributed by atoms with Crippen LogP contribution < -0.4 is 5.32 Å². The molecule has 118 valence electrons. The van der Waals surface area contributed by atoms with Crippen molar-refractivity contribution in [1.29, 1.82) is 0 Å². The Morgan fingerprint density at radius 2 is 2.05 bits per heavy atom. The average molecular weight is 305 g/mol. The molecule has 0 aromatic heterocycles. The van der Waals surface area contributed by atoms with Crippen LogP contribution in [-0.4, -0.2) is 50.7 Å². The lowest BCUT2D eigenvalue weighted by Crippen LogP contribution is -2.38. The van der Waals surface area contributed by atoms with Crippen LogP contribution in [0.2, 0.25) is 0 Å². The molecular formula is C15H29ClN2O2. The highest BCUT2D eigenvalue weighted by molar-refractivity contribution is 5.85. The minimum absolute atomic E-state index is 0. The highest BCUT2D eigenvalue weighted by Crippen LogP contribution is 2.59. The van der Waals surface area contributed by atoms with Gasteiger partial charge in [0, 0.05) is 26.1 Å². The fourth-order valence-corrected chi connectivity index (χ4v) is 3.28. The third-order valence-corrected chi connectivity index (χ3v) is 4.75. The summed E-state index contributed by atoms with van der Waals surface area (Å²) in [6.07, 6.45) is 5.70. The lowest BCUT2D eigenvalue weighted by Gasteiger charge is -2.27. The number of methoxy groups -OCH3 is 1. The van der Waals surface area contributed by atoms with E-state index in [9.17, 15) is 4.79 Å². The molecule has 1 atom stereocenters. The summed E-state index contributed by atoms with van der Waals surface area (Å²) in [7, 11) is 1.70. The van der Waals surface area contributed by atoms with Crippen molar-refractivity contribution in [1.82, 2.24) is 10.2 Å². The molecule has 1 unspecified atom stereocenters. The van der Waals surface area contributed by atoms with Gasteiger partial charge in [-0.2, -0.15) is 0 Å². The van der Waals surface area contributed by atoms with Gasteiger partial charge >= 0.3 is 0 Å². The molecule has 0 aromatic rings. The maximum atomic E-state index is 12.6. The number of piperidine rings is 1. The molecule has 2 fully saturated rings. The van der Waals surface area contributed by atoms with Gasteiger partial charge in [0.2, 0.25) is 5.91 Å². The number of nitrogens with one attached hydrogen (secondary N) is 1. The van der Waals surface area contributed by atoms with Gasteiger partial charge in [-0.3, -0.25) is 4.79 Å². The van der Waals surface area contributed by atoms with Crippen LogP contribution in [0.1, 0.15) is 39.0 Å². The Morgan fingerprint density at radius 3 is 2.65 bits per heavy atom. The lowest BCUT2D eigenvalue weighted by molar-refractivity contribution is -0.134. The molecule has 1 amide bonds. The van der Waals surface area contributed by atoms with E-state index < -0.39 is 0 Å². The number of amides is 1. The number of halogens is 1. The first kappa shape index (κ1) is 17.7. The predicted molar refractivity (Wildman–Crippen MR) is 83.3 cm³/mol. The fraction of sp³-hybridized carbons (Fsp3) is 0.933. The molecule has 5 heteroatoms.